The fraction of sp³-hybridized carbons (Fsp3) is 0.500. The number of hydrogen-bond donors (Lipinski definition) is 1. The third-order valence-electron chi connectivity index (χ3n) is 1.32. The Balaban J connectivity index is 2.43. The Morgan fingerprint density at radius 2 is 2.27 bits per heavy atom. The standard InChI is InChI=1S/C6H7F3N4O2/c7-6(8,9)5(14)15-4(10)1-13-3-11-2-12-13/h2-4H,1,10H2. The molecular weight excluding hydrogens is 217 g/mol. The maximum Gasteiger partial charge on any atom is 0.490 e. The predicted molar refractivity (Wildman–Crippen MR) is 40.1 cm³/mol. The molecule has 2 N–H and O–H groups in total. The first kappa shape index (κ1) is 11.4. The number of rotatable bonds is 3. The lowest BCUT2D eigenvalue weighted by atomic mass is 10.5. The van der Waals surface area contributed by atoms with E-state index in [1.54, 1.807) is 0 Å². The van der Waals surface area contributed by atoms with E-state index in [-0.39, 0.29) is 6.54 Å². The zero-order chi connectivity index (χ0) is 11.5. The summed E-state index contributed by atoms with van der Waals surface area (Å²) >= 11 is 0. The average molecular weight is 224 g/mol. The number of esters is 1. The summed E-state index contributed by atoms with van der Waals surface area (Å²) in [6.07, 6.45) is -4.04. The Morgan fingerprint density at radius 1 is 1.60 bits per heavy atom. The van der Waals surface area contributed by atoms with Crippen molar-refractivity contribution in [1.82, 2.24) is 14.8 Å². The molecule has 1 atom stereocenters. The average Bonchev–Trinajstić information content (AvgIpc) is 2.54. The second kappa shape index (κ2) is 4.26. The maximum absolute atomic E-state index is 11.7. The molecule has 0 aromatic carbocycles. The van der Waals surface area contributed by atoms with Gasteiger partial charge in [0.2, 0.25) is 0 Å². The molecule has 0 bridgehead atoms. The number of carbonyl (C=O) groups excluding carboxylic acids is 1. The van der Waals surface area contributed by atoms with Crippen molar-refractivity contribution >= 4 is 5.97 Å². The molecule has 0 radical (unpaired) electrons. The van der Waals surface area contributed by atoms with Crippen LogP contribution in [0, 0.1) is 0 Å². The molecule has 1 unspecified atom stereocenters. The van der Waals surface area contributed by atoms with Crippen LogP contribution in [0.3, 0.4) is 0 Å². The monoisotopic (exact) mass is 224 g/mol. The molecule has 1 aromatic rings. The van der Waals surface area contributed by atoms with E-state index >= 15 is 0 Å². The van der Waals surface area contributed by atoms with E-state index in [1.807, 2.05) is 0 Å². The van der Waals surface area contributed by atoms with Crippen molar-refractivity contribution in [3.05, 3.63) is 12.7 Å². The van der Waals surface area contributed by atoms with Gasteiger partial charge in [0, 0.05) is 0 Å². The summed E-state index contributed by atoms with van der Waals surface area (Å²) in [5.74, 6) is -2.32. The molecule has 84 valence electrons. The second-order valence-corrected chi connectivity index (χ2v) is 2.56. The number of nitrogens with two attached hydrogens (primary N) is 1. The zero-order valence-corrected chi connectivity index (χ0v) is 7.31. The number of alkyl halides is 3. The highest BCUT2D eigenvalue weighted by atomic mass is 19.4. The molecule has 1 aromatic heterocycles. The van der Waals surface area contributed by atoms with Crippen LogP contribution >= 0.6 is 0 Å². The summed E-state index contributed by atoms with van der Waals surface area (Å²) in [4.78, 5) is 13.9. The molecule has 0 amide bonds. The fourth-order valence-electron chi connectivity index (χ4n) is 0.753. The minimum absolute atomic E-state index is 0.193. The van der Waals surface area contributed by atoms with Crippen LogP contribution in [0.4, 0.5) is 13.2 Å². The van der Waals surface area contributed by atoms with Crippen LogP contribution in [-0.2, 0) is 16.1 Å². The van der Waals surface area contributed by atoms with Gasteiger partial charge in [0.05, 0.1) is 6.54 Å². The lowest BCUT2D eigenvalue weighted by Crippen LogP contribution is -2.37. The Morgan fingerprint density at radius 3 is 2.73 bits per heavy atom. The molecule has 1 rings (SSSR count). The number of carbonyl (C=O) groups is 1. The van der Waals surface area contributed by atoms with Gasteiger partial charge in [-0.1, -0.05) is 0 Å². The molecule has 0 fully saturated rings. The van der Waals surface area contributed by atoms with Gasteiger partial charge in [-0.2, -0.15) is 18.3 Å². The van der Waals surface area contributed by atoms with Crippen LogP contribution < -0.4 is 5.73 Å². The highest BCUT2D eigenvalue weighted by Gasteiger charge is 2.41. The van der Waals surface area contributed by atoms with Crippen molar-refractivity contribution < 1.29 is 22.7 Å². The summed E-state index contributed by atoms with van der Waals surface area (Å²) in [5, 5.41) is 3.58. The minimum Gasteiger partial charge on any atom is -0.438 e. The lowest BCUT2D eigenvalue weighted by molar-refractivity contribution is -0.205. The van der Waals surface area contributed by atoms with Gasteiger partial charge in [0.15, 0.2) is 6.23 Å². The summed E-state index contributed by atoms with van der Waals surface area (Å²) in [6.45, 7) is -0.193. The van der Waals surface area contributed by atoms with E-state index < -0.39 is 18.4 Å². The molecule has 6 nitrogen and oxygen atoms in total. The molecule has 0 aliphatic rings. The Labute approximate surface area is 81.8 Å². The SMILES string of the molecule is NC(Cn1cncn1)OC(=O)C(F)(F)F. The van der Waals surface area contributed by atoms with Gasteiger partial charge in [-0.3, -0.25) is 5.73 Å². The maximum atomic E-state index is 11.7. The molecule has 0 saturated heterocycles. The molecule has 0 spiro atoms. The van der Waals surface area contributed by atoms with Crippen molar-refractivity contribution in [2.24, 2.45) is 5.73 Å². The highest BCUT2D eigenvalue weighted by Crippen LogP contribution is 2.16. The van der Waals surface area contributed by atoms with Gasteiger partial charge in [-0.05, 0) is 0 Å². The van der Waals surface area contributed by atoms with Gasteiger partial charge in [0.25, 0.3) is 0 Å². The normalized spacial score (nSPS) is 13.6. The van der Waals surface area contributed by atoms with Crippen molar-refractivity contribution in [3.63, 3.8) is 0 Å². The topological polar surface area (TPSA) is 83.0 Å². The summed E-state index contributed by atoms with van der Waals surface area (Å²) in [7, 11) is 0. The van der Waals surface area contributed by atoms with E-state index in [2.05, 4.69) is 14.8 Å². The van der Waals surface area contributed by atoms with Crippen LogP contribution in [0.2, 0.25) is 0 Å². The van der Waals surface area contributed by atoms with Crippen molar-refractivity contribution in [3.8, 4) is 0 Å². The summed E-state index contributed by atoms with van der Waals surface area (Å²) in [5.41, 5.74) is 5.13. The molecule has 0 saturated carbocycles. The van der Waals surface area contributed by atoms with Crippen LogP contribution in [0.5, 0.6) is 0 Å². The second-order valence-electron chi connectivity index (χ2n) is 2.56. The summed E-state index contributed by atoms with van der Waals surface area (Å²) < 4.78 is 40.2. The van der Waals surface area contributed by atoms with Gasteiger partial charge in [-0.15, -0.1) is 0 Å². The quantitative estimate of drug-likeness (QED) is 0.561. The van der Waals surface area contributed by atoms with Gasteiger partial charge >= 0.3 is 12.1 Å². The third-order valence-corrected chi connectivity index (χ3v) is 1.32. The lowest BCUT2D eigenvalue weighted by Gasteiger charge is -2.13. The molecule has 9 heteroatoms. The van der Waals surface area contributed by atoms with Gasteiger partial charge in [-0.25, -0.2) is 14.5 Å². The van der Waals surface area contributed by atoms with E-state index in [0.717, 1.165) is 4.68 Å². The highest BCUT2D eigenvalue weighted by molar-refractivity contribution is 5.75. The Bertz CT molecular complexity index is 324. The van der Waals surface area contributed by atoms with Gasteiger partial charge in [0.1, 0.15) is 12.7 Å². The fourth-order valence-corrected chi connectivity index (χ4v) is 0.753. The largest absolute Gasteiger partial charge is 0.490 e. The molecule has 15 heavy (non-hydrogen) atoms. The zero-order valence-electron chi connectivity index (χ0n) is 7.31. The predicted octanol–water partition coefficient (Wildman–Crippen LogP) is -0.332. The van der Waals surface area contributed by atoms with Crippen LogP contribution in [-0.4, -0.2) is 33.1 Å². The molecule has 0 aliphatic heterocycles. The van der Waals surface area contributed by atoms with Gasteiger partial charge < -0.3 is 4.74 Å². The van der Waals surface area contributed by atoms with Crippen LogP contribution in [0.25, 0.3) is 0 Å². The minimum atomic E-state index is -5.04. The van der Waals surface area contributed by atoms with E-state index in [9.17, 15) is 18.0 Å². The van der Waals surface area contributed by atoms with Crippen molar-refractivity contribution in [2.75, 3.05) is 0 Å². The number of halogens is 3. The Hall–Kier alpha value is -1.64. The van der Waals surface area contributed by atoms with Crippen molar-refractivity contribution in [1.29, 1.82) is 0 Å². The molecular formula is C6H7F3N4O2. The smallest absolute Gasteiger partial charge is 0.438 e. The number of hydrogen-bond acceptors (Lipinski definition) is 5. The van der Waals surface area contributed by atoms with E-state index in [0.29, 0.717) is 0 Å². The first-order chi connectivity index (χ1) is 6.89. The van der Waals surface area contributed by atoms with Crippen LogP contribution in [0.15, 0.2) is 12.7 Å². The number of aromatic nitrogens is 3. The first-order valence-electron chi connectivity index (χ1n) is 3.75. The van der Waals surface area contributed by atoms with Crippen LogP contribution in [0.1, 0.15) is 0 Å². The number of ether oxygens (including phenoxy) is 1. The van der Waals surface area contributed by atoms with E-state index in [1.165, 1.54) is 12.7 Å². The molecule has 1 heterocycles. The van der Waals surface area contributed by atoms with E-state index in [4.69, 9.17) is 5.73 Å². The third kappa shape index (κ3) is 3.54. The van der Waals surface area contributed by atoms with Crippen molar-refractivity contribution in [2.45, 2.75) is 18.9 Å². The Kier molecular flexibility index (Phi) is 3.24. The first-order valence-corrected chi connectivity index (χ1v) is 3.75. The number of nitrogens with zero attached hydrogens (tertiary/aromatic N) is 3. The molecule has 0 aliphatic carbocycles. The summed E-state index contributed by atoms with van der Waals surface area (Å²) in [6, 6.07) is 0.